The normalized spacial score (nSPS) is 20.5. The van der Waals surface area contributed by atoms with Gasteiger partial charge in [0.15, 0.2) is 0 Å². The Balaban J connectivity index is 1.59. The lowest BCUT2D eigenvalue weighted by molar-refractivity contribution is 0.0989. The van der Waals surface area contributed by atoms with Gasteiger partial charge in [0, 0.05) is 43.4 Å². The molecule has 0 amide bonds. The number of hydrogen-bond acceptors (Lipinski definition) is 5. The van der Waals surface area contributed by atoms with Crippen molar-refractivity contribution < 1.29 is 9.47 Å². The summed E-state index contributed by atoms with van der Waals surface area (Å²) in [6.07, 6.45) is 6.78. The summed E-state index contributed by atoms with van der Waals surface area (Å²) in [5.74, 6) is 0.678. The number of rotatable bonds is 10. The minimum absolute atomic E-state index is 0.374. The first-order valence-electron chi connectivity index (χ1n) is 9.54. The second-order valence-electron chi connectivity index (χ2n) is 7.20. The van der Waals surface area contributed by atoms with E-state index in [1.165, 1.54) is 29.7 Å². The molecule has 2 aromatic rings. The van der Waals surface area contributed by atoms with Crippen LogP contribution in [0.1, 0.15) is 36.6 Å². The fourth-order valence-electron chi connectivity index (χ4n) is 3.86. The van der Waals surface area contributed by atoms with Crippen LogP contribution >= 0.6 is 11.3 Å². The molecule has 5 heteroatoms. The van der Waals surface area contributed by atoms with Crippen molar-refractivity contribution in [3.8, 4) is 5.88 Å². The Morgan fingerprint density at radius 3 is 2.88 bits per heavy atom. The van der Waals surface area contributed by atoms with Crippen molar-refractivity contribution in [1.82, 2.24) is 9.88 Å². The molecule has 1 fully saturated rings. The van der Waals surface area contributed by atoms with E-state index in [0.717, 1.165) is 39.3 Å². The van der Waals surface area contributed by atoms with Gasteiger partial charge in [-0.2, -0.15) is 0 Å². The molecule has 0 aliphatic carbocycles. The largest absolute Gasteiger partial charge is 0.481 e. The average Bonchev–Trinajstić information content (AvgIpc) is 3.32. The van der Waals surface area contributed by atoms with Gasteiger partial charge in [-0.1, -0.05) is 12.1 Å². The van der Waals surface area contributed by atoms with Gasteiger partial charge in [0.25, 0.3) is 0 Å². The van der Waals surface area contributed by atoms with Crippen molar-refractivity contribution in [1.29, 1.82) is 0 Å². The SMILES string of the molecule is CCOCC[C@]1(CCc2cccs2)CCN(Cc2ccc(OC)nc2)C1. The third-order valence-electron chi connectivity index (χ3n) is 5.39. The van der Waals surface area contributed by atoms with Crippen LogP contribution in [-0.2, 0) is 17.7 Å². The molecule has 142 valence electrons. The smallest absolute Gasteiger partial charge is 0.212 e. The van der Waals surface area contributed by atoms with Gasteiger partial charge in [0.1, 0.15) is 0 Å². The average molecular weight is 375 g/mol. The maximum atomic E-state index is 5.70. The van der Waals surface area contributed by atoms with Crippen LogP contribution in [0.4, 0.5) is 0 Å². The topological polar surface area (TPSA) is 34.6 Å². The lowest BCUT2D eigenvalue weighted by Crippen LogP contribution is -2.29. The number of likely N-dealkylation sites (tertiary alicyclic amines) is 1. The van der Waals surface area contributed by atoms with E-state index in [1.807, 2.05) is 23.6 Å². The van der Waals surface area contributed by atoms with Crippen molar-refractivity contribution in [2.75, 3.05) is 33.4 Å². The van der Waals surface area contributed by atoms with Crippen LogP contribution < -0.4 is 4.74 Å². The maximum absolute atomic E-state index is 5.70. The van der Waals surface area contributed by atoms with Crippen molar-refractivity contribution in [3.63, 3.8) is 0 Å². The Kier molecular flexibility index (Phi) is 7.06. The number of aromatic nitrogens is 1. The molecule has 26 heavy (non-hydrogen) atoms. The summed E-state index contributed by atoms with van der Waals surface area (Å²) in [4.78, 5) is 8.41. The van der Waals surface area contributed by atoms with Gasteiger partial charge in [0.2, 0.25) is 5.88 Å². The highest BCUT2D eigenvalue weighted by Gasteiger charge is 2.37. The van der Waals surface area contributed by atoms with Crippen LogP contribution in [0.5, 0.6) is 5.88 Å². The zero-order valence-corrected chi connectivity index (χ0v) is 16.8. The lowest BCUT2D eigenvalue weighted by Gasteiger charge is -2.29. The number of thiophene rings is 1. The van der Waals surface area contributed by atoms with Gasteiger partial charge in [-0.25, -0.2) is 4.98 Å². The Morgan fingerprint density at radius 1 is 1.27 bits per heavy atom. The molecule has 1 atom stereocenters. The Hall–Kier alpha value is -1.43. The monoisotopic (exact) mass is 374 g/mol. The van der Waals surface area contributed by atoms with E-state index in [9.17, 15) is 0 Å². The highest BCUT2D eigenvalue weighted by atomic mass is 32.1. The molecule has 0 saturated carbocycles. The van der Waals surface area contributed by atoms with Crippen molar-refractivity contribution in [3.05, 3.63) is 46.3 Å². The molecule has 0 unspecified atom stereocenters. The van der Waals surface area contributed by atoms with E-state index in [2.05, 4.69) is 40.4 Å². The lowest BCUT2D eigenvalue weighted by atomic mass is 9.79. The molecule has 3 rings (SSSR count). The molecule has 1 aliphatic heterocycles. The van der Waals surface area contributed by atoms with Gasteiger partial charge >= 0.3 is 0 Å². The first-order valence-corrected chi connectivity index (χ1v) is 10.4. The standard InChI is InChI=1S/C21H30N2O2S/c1-3-25-13-11-21(9-8-19-5-4-14-26-19)10-12-23(17-21)16-18-6-7-20(24-2)22-15-18/h4-7,14-15H,3,8-13,16-17H2,1-2H3/t21-/m0/s1. The van der Waals surface area contributed by atoms with E-state index < -0.39 is 0 Å². The molecule has 0 aromatic carbocycles. The number of aryl methyl sites for hydroxylation is 1. The van der Waals surface area contributed by atoms with Crippen LogP contribution in [0.3, 0.4) is 0 Å². The minimum Gasteiger partial charge on any atom is -0.481 e. The summed E-state index contributed by atoms with van der Waals surface area (Å²) >= 11 is 1.88. The molecular formula is C21H30N2O2S. The number of pyridine rings is 1. The van der Waals surface area contributed by atoms with Crippen LogP contribution in [0, 0.1) is 5.41 Å². The summed E-state index contributed by atoms with van der Waals surface area (Å²) in [6, 6.07) is 8.49. The summed E-state index contributed by atoms with van der Waals surface area (Å²) in [7, 11) is 1.66. The number of ether oxygens (including phenoxy) is 2. The fourth-order valence-corrected chi connectivity index (χ4v) is 4.56. The summed E-state index contributed by atoms with van der Waals surface area (Å²) in [6.45, 7) is 7.03. The second kappa shape index (κ2) is 9.49. The molecule has 0 N–H and O–H groups in total. The molecular weight excluding hydrogens is 344 g/mol. The Labute approximate surface area is 161 Å². The summed E-state index contributed by atoms with van der Waals surface area (Å²) < 4.78 is 10.9. The molecule has 1 saturated heterocycles. The molecule has 4 nitrogen and oxygen atoms in total. The zero-order valence-electron chi connectivity index (χ0n) is 15.9. The van der Waals surface area contributed by atoms with Crippen LogP contribution in [0.2, 0.25) is 0 Å². The predicted octanol–water partition coefficient (Wildman–Crippen LogP) is 4.40. The van der Waals surface area contributed by atoms with Crippen molar-refractivity contribution in [2.24, 2.45) is 5.41 Å². The third-order valence-corrected chi connectivity index (χ3v) is 6.33. The van der Waals surface area contributed by atoms with E-state index in [0.29, 0.717) is 11.3 Å². The van der Waals surface area contributed by atoms with Crippen LogP contribution in [0.15, 0.2) is 35.8 Å². The summed E-state index contributed by atoms with van der Waals surface area (Å²) in [5.41, 5.74) is 1.63. The van der Waals surface area contributed by atoms with E-state index >= 15 is 0 Å². The molecule has 0 radical (unpaired) electrons. The quantitative estimate of drug-likeness (QED) is 0.577. The minimum atomic E-state index is 0.374. The van der Waals surface area contributed by atoms with Crippen molar-refractivity contribution >= 4 is 11.3 Å². The van der Waals surface area contributed by atoms with Gasteiger partial charge in [-0.15, -0.1) is 11.3 Å². The molecule has 3 heterocycles. The van der Waals surface area contributed by atoms with E-state index in [-0.39, 0.29) is 0 Å². The third kappa shape index (κ3) is 5.29. The molecule has 1 aliphatic rings. The number of methoxy groups -OCH3 is 1. The van der Waals surface area contributed by atoms with Crippen LogP contribution in [0.25, 0.3) is 0 Å². The first-order chi connectivity index (χ1) is 12.7. The van der Waals surface area contributed by atoms with Gasteiger partial charge < -0.3 is 9.47 Å². The molecule has 0 spiro atoms. The van der Waals surface area contributed by atoms with E-state index in [4.69, 9.17) is 9.47 Å². The Morgan fingerprint density at radius 2 is 2.19 bits per heavy atom. The molecule has 2 aromatic heterocycles. The maximum Gasteiger partial charge on any atom is 0.212 e. The van der Waals surface area contributed by atoms with Gasteiger partial charge in [0.05, 0.1) is 7.11 Å². The summed E-state index contributed by atoms with van der Waals surface area (Å²) in [5, 5.41) is 2.18. The fraction of sp³-hybridized carbons (Fsp3) is 0.571. The highest BCUT2D eigenvalue weighted by Crippen LogP contribution is 2.39. The zero-order chi connectivity index (χ0) is 18.2. The first kappa shape index (κ1) is 19.3. The Bertz CT molecular complexity index is 645. The number of nitrogens with zero attached hydrogens (tertiary/aromatic N) is 2. The highest BCUT2D eigenvalue weighted by molar-refractivity contribution is 7.09. The number of hydrogen-bond donors (Lipinski definition) is 0. The van der Waals surface area contributed by atoms with E-state index in [1.54, 1.807) is 7.11 Å². The van der Waals surface area contributed by atoms with Gasteiger partial charge in [-0.3, -0.25) is 4.90 Å². The second-order valence-corrected chi connectivity index (χ2v) is 8.23. The molecule has 0 bridgehead atoms. The van der Waals surface area contributed by atoms with Crippen molar-refractivity contribution in [2.45, 2.75) is 39.2 Å². The predicted molar refractivity (Wildman–Crippen MR) is 107 cm³/mol. The van der Waals surface area contributed by atoms with Gasteiger partial charge in [-0.05, 0) is 61.6 Å². The van der Waals surface area contributed by atoms with Crippen LogP contribution in [-0.4, -0.2) is 43.3 Å².